The van der Waals surface area contributed by atoms with Crippen LogP contribution in [-0.4, -0.2) is 37.5 Å². The number of pyridine rings is 1. The average molecular weight is 275 g/mol. The van der Waals surface area contributed by atoms with Crippen LogP contribution in [0.5, 0.6) is 5.75 Å². The minimum Gasteiger partial charge on any atom is -0.489 e. The van der Waals surface area contributed by atoms with Gasteiger partial charge in [-0.1, -0.05) is 12.8 Å². The summed E-state index contributed by atoms with van der Waals surface area (Å²) in [5.74, 6) is 6.70. The summed E-state index contributed by atoms with van der Waals surface area (Å²) in [5, 5.41) is 0. The van der Waals surface area contributed by atoms with Crippen molar-refractivity contribution >= 4 is 0 Å². The second-order valence-electron chi connectivity index (χ2n) is 4.80. The predicted octanol–water partition coefficient (Wildman–Crippen LogP) is 2.42. The summed E-state index contributed by atoms with van der Waals surface area (Å²) in [4.78, 5) is 4.26. The van der Waals surface area contributed by atoms with Crippen molar-refractivity contribution in [2.75, 3.05) is 20.3 Å². The summed E-state index contributed by atoms with van der Waals surface area (Å²) in [6.45, 7) is 3.28. The van der Waals surface area contributed by atoms with Gasteiger partial charge in [-0.25, -0.2) is 4.98 Å². The predicted molar refractivity (Wildman–Crippen MR) is 76.7 cm³/mol. The maximum absolute atomic E-state index is 5.78. The van der Waals surface area contributed by atoms with Gasteiger partial charge in [0.25, 0.3) is 0 Å². The zero-order chi connectivity index (χ0) is 14.2. The average Bonchev–Trinajstić information content (AvgIpc) is 2.43. The Balaban J connectivity index is 1.75. The van der Waals surface area contributed by atoms with E-state index in [9.17, 15) is 0 Å². The monoisotopic (exact) mass is 275 g/mol. The molecule has 4 nitrogen and oxygen atoms in total. The SMILES string of the molecule is CCCOCC#Cc1ccc(O[C@H]2C[C@H](OC)C2)cn1. The summed E-state index contributed by atoms with van der Waals surface area (Å²) in [7, 11) is 1.74. The summed E-state index contributed by atoms with van der Waals surface area (Å²) >= 11 is 0. The lowest BCUT2D eigenvalue weighted by Gasteiger charge is -2.33. The van der Waals surface area contributed by atoms with Gasteiger partial charge in [0.2, 0.25) is 0 Å². The van der Waals surface area contributed by atoms with Gasteiger partial charge in [-0.3, -0.25) is 0 Å². The van der Waals surface area contributed by atoms with Gasteiger partial charge >= 0.3 is 0 Å². The fourth-order valence-electron chi connectivity index (χ4n) is 1.92. The summed E-state index contributed by atoms with van der Waals surface area (Å²) in [6, 6.07) is 3.78. The van der Waals surface area contributed by atoms with E-state index >= 15 is 0 Å². The lowest BCUT2D eigenvalue weighted by atomic mass is 9.92. The van der Waals surface area contributed by atoms with Crippen molar-refractivity contribution < 1.29 is 14.2 Å². The van der Waals surface area contributed by atoms with Gasteiger partial charge in [0.1, 0.15) is 24.2 Å². The Hall–Kier alpha value is -1.57. The van der Waals surface area contributed by atoms with Crippen molar-refractivity contribution in [1.82, 2.24) is 4.98 Å². The third kappa shape index (κ3) is 4.52. The Morgan fingerprint density at radius 2 is 2.15 bits per heavy atom. The second-order valence-corrected chi connectivity index (χ2v) is 4.80. The van der Waals surface area contributed by atoms with Crippen LogP contribution >= 0.6 is 0 Å². The lowest BCUT2D eigenvalue weighted by Crippen LogP contribution is -2.38. The Bertz CT molecular complexity index is 455. The Morgan fingerprint density at radius 3 is 2.80 bits per heavy atom. The molecule has 0 amide bonds. The van der Waals surface area contributed by atoms with Crippen LogP contribution in [0.3, 0.4) is 0 Å². The summed E-state index contributed by atoms with van der Waals surface area (Å²) in [6.07, 6.45) is 5.23. The Labute approximate surface area is 120 Å². The molecule has 1 saturated carbocycles. The first-order valence-corrected chi connectivity index (χ1v) is 7.04. The first-order chi connectivity index (χ1) is 9.81. The Kier molecular flexibility index (Phi) is 5.85. The number of hydrogen-bond donors (Lipinski definition) is 0. The van der Waals surface area contributed by atoms with Gasteiger partial charge in [-0.15, -0.1) is 0 Å². The number of ether oxygens (including phenoxy) is 3. The third-order valence-corrected chi connectivity index (χ3v) is 3.16. The van der Waals surface area contributed by atoms with Crippen molar-refractivity contribution in [2.45, 2.75) is 38.4 Å². The standard InChI is InChI=1S/C16H21NO3/c1-3-8-19-9-4-5-13-6-7-14(12-17-13)20-16-10-15(11-16)18-2/h6-7,12,15-16H,3,8-11H2,1-2H3/t15-,16-. The number of nitrogens with zero attached hydrogens (tertiary/aromatic N) is 1. The quantitative estimate of drug-likeness (QED) is 0.590. The maximum Gasteiger partial charge on any atom is 0.138 e. The molecule has 1 aliphatic carbocycles. The van der Waals surface area contributed by atoms with Crippen molar-refractivity contribution in [1.29, 1.82) is 0 Å². The molecular formula is C16H21NO3. The molecule has 0 aliphatic heterocycles. The summed E-state index contributed by atoms with van der Waals surface area (Å²) < 4.78 is 16.3. The first kappa shape index (κ1) is 14.8. The highest BCUT2D eigenvalue weighted by atomic mass is 16.5. The highest BCUT2D eigenvalue weighted by Gasteiger charge is 2.30. The smallest absolute Gasteiger partial charge is 0.138 e. The van der Waals surface area contributed by atoms with Gasteiger partial charge in [0, 0.05) is 26.6 Å². The summed E-state index contributed by atoms with van der Waals surface area (Å²) in [5.41, 5.74) is 0.737. The molecule has 1 aromatic heterocycles. The molecule has 1 aromatic rings. The van der Waals surface area contributed by atoms with E-state index in [4.69, 9.17) is 14.2 Å². The van der Waals surface area contributed by atoms with Crippen molar-refractivity contribution in [3.8, 4) is 17.6 Å². The zero-order valence-corrected chi connectivity index (χ0v) is 12.1. The van der Waals surface area contributed by atoms with Gasteiger partial charge in [-0.05, 0) is 24.5 Å². The molecule has 0 spiro atoms. The number of methoxy groups -OCH3 is 1. The van der Waals surface area contributed by atoms with Crippen LogP contribution in [0, 0.1) is 11.8 Å². The zero-order valence-electron chi connectivity index (χ0n) is 12.1. The molecule has 1 fully saturated rings. The molecule has 0 N–H and O–H groups in total. The molecule has 0 atom stereocenters. The van der Waals surface area contributed by atoms with E-state index in [2.05, 4.69) is 23.7 Å². The van der Waals surface area contributed by atoms with E-state index in [-0.39, 0.29) is 6.10 Å². The fourth-order valence-corrected chi connectivity index (χ4v) is 1.92. The molecule has 0 aromatic carbocycles. The molecule has 0 saturated heterocycles. The Morgan fingerprint density at radius 1 is 1.30 bits per heavy atom. The van der Waals surface area contributed by atoms with Crippen LogP contribution in [0.15, 0.2) is 18.3 Å². The van der Waals surface area contributed by atoms with E-state index in [1.54, 1.807) is 13.3 Å². The van der Waals surface area contributed by atoms with Gasteiger partial charge in [0.15, 0.2) is 0 Å². The molecule has 0 radical (unpaired) electrons. The van der Waals surface area contributed by atoms with E-state index in [0.717, 1.165) is 37.3 Å². The van der Waals surface area contributed by atoms with Crippen LogP contribution in [0.1, 0.15) is 31.9 Å². The first-order valence-electron chi connectivity index (χ1n) is 7.04. The maximum atomic E-state index is 5.78. The van der Waals surface area contributed by atoms with E-state index in [1.807, 2.05) is 12.1 Å². The molecule has 0 unspecified atom stereocenters. The minimum atomic E-state index is 0.251. The normalized spacial score (nSPS) is 20.7. The molecule has 0 bridgehead atoms. The van der Waals surface area contributed by atoms with Crippen LogP contribution in [0.25, 0.3) is 0 Å². The molecule has 108 valence electrons. The van der Waals surface area contributed by atoms with Crippen LogP contribution in [0.4, 0.5) is 0 Å². The van der Waals surface area contributed by atoms with Crippen LogP contribution < -0.4 is 4.74 Å². The van der Waals surface area contributed by atoms with Crippen molar-refractivity contribution in [2.24, 2.45) is 0 Å². The van der Waals surface area contributed by atoms with Gasteiger partial charge in [-0.2, -0.15) is 0 Å². The molecule has 20 heavy (non-hydrogen) atoms. The van der Waals surface area contributed by atoms with Crippen molar-refractivity contribution in [3.63, 3.8) is 0 Å². The highest BCUT2D eigenvalue weighted by molar-refractivity contribution is 5.31. The van der Waals surface area contributed by atoms with Gasteiger partial charge in [0.05, 0.1) is 12.3 Å². The fraction of sp³-hybridized carbons (Fsp3) is 0.562. The van der Waals surface area contributed by atoms with E-state index in [1.165, 1.54) is 0 Å². The van der Waals surface area contributed by atoms with Crippen LogP contribution in [0.2, 0.25) is 0 Å². The molecule has 1 heterocycles. The number of hydrogen-bond acceptors (Lipinski definition) is 4. The second kappa shape index (κ2) is 7.88. The number of aromatic nitrogens is 1. The topological polar surface area (TPSA) is 40.6 Å². The third-order valence-electron chi connectivity index (χ3n) is 3.16. The molecule has 1 aliphatic rings. The van der Waals surface area contributed by atoms with E-state index in [0.29, 0.717) is 12.7 Å². The van der Waals surface area contributed by atoms with E-state index < -0.39 is 0 Å². The minimum absolute atomic E-state index is 0.251. The molecule has 2 rings (SSSR count). The number of rotatable bonds is 6. The lowest BCUT2D eigenvalue weighted by molar-refractivity contribution is -0.0382. The van der Waals surface area contributed by atoms with Crippen molar-refractivity contribution in [3.05, 3.63) is 24.0 Å². The van der Waals surface area contributed by atoms with Crippen LogP contribution in [-0.2, 0) is 9.47 Å². The van der Waals surface area contributed by atoms with Gasteiger partial charge < -0.3 is 14.2 Å². The highest BCUT2D eigenvalue weighted by Crippen LogP contribution is 2.27. The molecule has 4 heteroatoms. The molecular weight excluding hydrogens is 254 g/mol. The largest absolute Gasteiger partial charge is 0.489 e.